The number of hydrogen-bond donors (Lipinski definition) is 1. The molecule has 1 N–H and O–H groups in total. The number of amides is 2. The van der Waals surface area contributed by atoms with Crippen LogP contribution in [0.25, 0.3) is 0 Å². The van der Waals surface area contributed by atoms with Crippen molar-refractivity contribution in [1.29, 1.82) is 0 Å². The van der Waals surface area contributed by atoms with Crippen LogP contribution >= 0.6 is 12.4 Å². The molecule has 2 fully saturated rings. The van der Waals surface area contributed by atoms with Crippen LogP contribution in [0.4, 0.5) is 4.39 Å². The normalized spacial score (nSPS) is 21.6. The summed E-state index contributed by atoms with van der Waals surface area (Å²) < 4.78 is 14.0. The lowest BCUT2D eigenvalue weighted by atomic mass is 9.80. The molecule has 2 saturated heterocycles. The van der Waals surface area contributed by atoms with E-state index in [0.717, 1.165) is 12.8 Å². The zero-order valence-electron chi connectivity index (χ0n) is 18.3. The molecule has 2 amide bonds. The number of likely N-dealkylation sites (tertiary alicyclic amines) is 1. The van der Waals surface area contributed by atoms with Crippen molar-refractivity contribution in [2.45, 2.75) is 71.0 Å². The molecule has 0 aliphatic carbocycles. The largest absolute Gasteiger partial charge is 0.342 e. The molecule has 0 aromatic heterocycles. The minimum absolute atomic E-state index is 0. The Morgan fingerprint density at radius 2 is 1.87 bits per heavy atom. The molecular weight excluding hydrogens is 405 g/mol. The number of nitrogens with zero attached hydrogens (tertiary/aromatic N) is 2. The Kier molecular flexibility index (Phi) is 8.68. The Morgan fingerprint density at radius 3 is 2.47 bits per heavy atom. The van der Waals surface area contributed by atoms with E-state index in [9.17, 15) is 14.0 Å². The van der Waals surface area contributed by atoms with Crippen LogP contribution in [-0.4, -0.2) is 52.8 Å². The SMILES string of the molecule is CCCCN1C(=O)[C@H](CC(C)C)NC(=O)C12CCN(Cc1ccccc1F)CC2.Cl. The van der Waals surface area contributed by atoms with Gasteiger partial charge in [-0.2, -0.15) is 0 Å². The van der Waals surface area contributed by atoms with Crippen molar-refractivity contribution in [3.05, 3.63) is 35.6 Å². The highest BCUT2D eigenvalue weighted by Crippen LogP contribution is 2.34. The van der Waals surface area contributed by atoms with Gasteiger partial charge < -0.3 is 10.2 Å². The van der Waals surface area contributed by atoms with Gasteiger partial charge in [0.15, 0.2) is 0 Å². The zero-order valence-corrected chi connectivity index (χ0v) is 19.1. The minimum Gasteiger partial charge on any atom is -0.342 e. The molecule has 1 aromatic rings. The standard InChI is InChI=1S/C23H34FN3O2.ClH/c1-4-5-12-27-21(28)20(15-17(2)3)25-22(29)23(27)10-13-26(14-11-23)16-18-8-6-7-9-19(18)24;/h6-9,17,20H,4-5,10-16H2,1-3H3,(H,25,29);1H/t20-;/m0./s1. The molecule has 30 heavy (non-hydrogen) atoms. The van der Waals surface area contributed by atoms with Crippen LogP contribution in [0.15, 0.2) is 24.3 Å². The number of piperidine rings is 1. The summed E-state index contributed by atoms with van der Waals surface area (Å²) in [4.78, 5) is 30.5. The van der Waals surface area contributed by atoms with Crippen molar-refractivity contribution in [3.63, 3.8) is 0 Å². The third-order valence-electron chi connectivity index (χ3n) is 6.29. The third kappa shape index (κ3) is 5.14. The van der Waals surface area contributed by atoms with Crippen LogP contribution in [-0.2, 0) is 16.1 Å². The second-order valence-electron chi connectivity index (χ2n) is 8.90. The van der Waals surface area contributed by atoms with E-state index in [1.807, 2.05) is 11.0 Å². The third-order valence-corrected chi connectivity index (χ3v) is 6.29. The lowest BCUT2D eigenvalue weighted by molar-refractivity contribution is -0.161. The van der Waals surface area contributed by atoms with Crippen LogP contribution < -0.4 is 5.32 Å². The number of unbranched alkanes of at least 4 members (excludes halogenated alkanes) is 1. The van der Waals surface area contributed by atoms with E-state index in [1.54, 1.807) is 12.1 Å². The monoisotopic (exact) mass is 439 g/mol. The van der Waals surface area contributed by atoms with Crippen molar-refractivity contribution in [1.82, 2.24) is 15.1 Å². The zero-order chi connectivity index (χ0) is 21.0. The molecule has 168 valence electrons. The number of carbonyl (C=O) groups is 2. The first-order valence-corrected chi connectivity index (χ1v) is 11.0. The molecule has 7 heteroatoms. The van der Waals surface area contributed by atoms with Crippen LogP contribution in [0.2, 0.25) is 0 Å². The average Bonchev–Trinajstić information content (AvgIpc) is 2.69. The summed E-state index contributed by atoms with van der Waals surface area (Å²) in [5, 5.41) is 3.03. The van der Waals surface area contributed by atoms with E-state index in [1.165, 1.54) is 6.07 Å². The Labute approximate surface area is 185 Å². The van der Waals surface area contributed by atoms with E-state index < -0.39 is 11.6 Å². The number of piperazine rings is 1. The number of hydrogen-bond acceptors (Lipinski definition) is 3. The van der Waals surface area contributed by atoms with E-state index in [4.69, 9.17) is 0 Å². The van der Waals surface area contributed by atoms with Gasteiger partial charge in [-0.1, -0.05) is 45.4 Å². The predicted octanol–water partition coefficient (Wildman–Crippen LogP) is 3.76. The Morgan fingerprint density at radius 1 is 1.20 bits per heavy atom. The van der Waals surface area contributed by atoms with Crippen molar-refractivity contribution in [3.8, 4) is 0 Å². The van der Waals surface area contributed by atoms with Gasteiger partial charge in [0.05, 0.1) is 0 Å². The van der Waals surface area contributed by atoms with Gasteiger partial charge in [-0.25, -0.2) is 4.39 Å². The Hall–Kier alpha value is -1.66. The number of carbonyl (C=O) groups excluding carboxylic acids is 2. The molecule has 1 atom stereocenters. The molecule has 1 spiro atoms. The molecule has 2 aliphatic rings. The van der Waals surface area contributed by atoms with Gasteiger partial charge in [0.25, 0.3) is 0 Å². The summed E-state index contributed by atoms with van der Waals surface area (Å²) in [7, 11) is 0. The first-order valence-electron chi connectivity index (χ1n) is 11.0. The topological polar surface area (TPSA) is 52.7 Å². The van der Waals surface area contributed by atoms with Crippen molar-refractivity contribution in [2.75, 3.05) is 19.6 Å². The maximum Gasteiger partial charge on any atom is 0.246 e. The fourth-order valence-corrected chi connectivity index (χ4v) is 4.59. The molecule has 0 radical (unpaired) electrons. The van der Waals surface area contributed by atoms with Gasteiger partial charge in [0.1, 0.15) is 17.4 Å². The smallest absolute Gasteiger partial charge is 0.246 e. The quantitative estimate of drug-likeness (QED) is 0.703. The number of benzene rings is 1. The van der Waals surface area contributed by atoms with Crippen molar-refractivity contribution >= 4 is 24.2 Å². The molecule has 1 aromatic carbocycles. The van der Waals surface area contributed by atoms with Gasteiger partial charge in [-0.05, 0) is 37.7 Å². The maximum absolute atomic E-state index is 14.0. The fraction of sp³-hybridized carbons (Fsp3) is 0.652. The van der Waals surface area contributed by atoms with E-state index >= 15 is 0 Å². The molecular formula is C23H35ClFN3O2. The highest BCUT2D eigenvalue weighted by molar-refractivity contribution is 6.00. The molecule has 2 heterocycles. The molecule has 0 saturated carbocycles. The second kappa shape index (κ2) is 10.6. The van der Waals surface area contributed by atoms with Crippen molar-refractivity contribution < 1.29 is 14.0 Å². The van der Waals surface area contributed by atoms with Gasteiger partial charge in [-0.15, -0.1) is 12.4 Å². The summed E-state index contributed by atoms with van der Waals surface area (Å²) in [5.41, 5.74) is -0.0849. The molecule has 0 bridgehead atoms. The van der Waals surface area contributed by atoms with Crippen LogP contribution in [0.3, 0.4) is 0 Å². The predicted molar refractivity (Wildman–Crippen MR) is 119 cm³/mol. The van der Waals surface area contributed by atoms with Gasteiger partial charge in [-0.3, -0.25) is 14.5 Å². The maximum atomic E-state index is 14.0. The average molecular weight is 440 g/mol. The highest BCUT2D eigenvalue weighted by atomic mass is 35.5. The first-order chi connectivity index (χ1) is 13.9. The van der Waals surface area contributed by atoms with Gasteiger partial charge >= 0.3 is 0 Å². The molecule has 5 nitrogen and oxygen atoms in total. The lowest BCUT2D eigenvalue weighted by Crippen LogP contribution is -2.73. The fourth-order valence-electron chi connectivity index (χ4n) is 4.59. The Bertz CT molecular complexity index is 735. The molecule has 2 aliphatic heterocycles. The summed E-state index contributed by atoms with van der Waals surface area (Å²) in [6.07, 6.45) is 3.74. The summed E-state index contributed by atoms with van der Waals surface area (Å²) in [6, 6.07) is 6.41. The lowest BCUT2D eigenvalue weighted by Gasteiger charge is -2.52. The van der Waals surface area contributed by atoms with Crippen molar-refractivity contribution in [2.24, 2.45) is 5.92 Å². The van der Waals surface area contributed by atoms with Crippen LogP contribution in [0.5, 0.6) is 0 Å². The first kappa shape index (κ1) is 24.6. The van der Waals surface area contributed by atoms with Gasteiger partial charge in [0, 0.05) is 31.7 Å². The minimum atomic E-state index is -0.758. The van der Waals surface area contributed by atoms with E-state index in [-0.39, 0.29) is 30.0 Å². The summed E-state index contributed by atoms with van der Waals surface area (Å²) in [6.45, 7) is 8.75. The number of nitrogens with one attached hydrogen (secondary N) is 1. The molecule has 3 rings (SSSR count). The van der Waals surface area contributed by atoms with Crippen LogP contribution in [0, 0.1) is 11.7 Å². The number of rotatable bonds is 7. The summed E-state index contributed by atoms with van der Waals surface area (Å²) >= 11 is 0. The van der Waals surface area contributed by atoms with E-state index in [0.29, 0.717) is 56.9 Å². The second-order valence-corrected chi connectivity index (χ2v) is 8.90. The van der Waals surface area contributed by atoms with Gasteiger partial charge in [0.2, 0.25) is 11.8 Å². The Balaban J connectivity index is 0.00000320. The number of halogens is 2. The highest BCUT2D eigenvalue weighted by Gasteiger charge is 2.53. The van der Waals surface area contributed by atoms with E-state index in [2.05, 4.69) is 31.0 Å². The molecule has 0 unspecified atom stereocenters. The summed E-state index contributed by atoms with van der Waals surface area (Å²) in [5.74, 6) is 0.201. The van der Waals surface area contributed by atoms with Crippen LogP contribution in [0.1, 0.15) is 58.4 Å².